The number of hydrogen-bond acceptors (Lipinski definition) is 5. The van der Waals surface area contributed by atoms with Crippen molar-refractivity contribution in [3.05, 3.63) is 27.1 Å². The zero-order valence-corrected chi connectivity index (χ0v) is 9.96. The standard InChI is InChI=1S/C10H13N3O3S/c14-9(12-8-1-2-8)5-11-4-7-3-10(13(15)16)17-6-7/h3,6,8,11H,1-2,4-5H2,(H,12,14). The Labute approximate surface area is 102 Å². The monoisotopic (exact) mass is 255 g/mol. The van der Waals surface area contributed by atoms with Crippen molar-refractivity contribution >= 4 is 22.2 Å². The number of carbonyl (C=O) groups is 1. The number of hydrogen-bond donors (Lipinski definition) is 2. The molecule has 1 fully saturated rings. The molecule has 0 radical (unpaired) electrons. The van der Waals surface area contributed by atoms with E-state index in [1.54, 1.807) is 5.38 Å². The molecule has 1 amide bonds. The predicted octanol–water partition coefficient (Wildman–Crippen LogP) is 1.02. The summed E-state index contributed by atoms with van der Waals surface area (Å²) >= 11 is 1.10. The molecule has 0 bridgehead atoms. The molecule has 92 valence electrons. The van der Waals surface area contributed by atoms with Crippen LogP contribution in [-0.4, -0.2) is 23.4 Å². The van der Waals surface area contributed by atoms with Crippen molar-refractivity contribution in [1.82, 2.24) is 10.6 Å². The van der Waals surface area contributed by atoms with Gasteiger partial charge in [-0.1, -0.05) is 11.3 Å². The van der Waals surface area contributed by atoms with Crippen molar-refractivity contribution < 1.29 is 9.72 Å². The van der Waals surface area contributed by atoms with Gasteiger partial charge in [-0.05, 0) is 18.4 Å². The van der Waals surface area contributed by atoms with Crippen molar-refractivity contribution in [2.45, 2.75) is 25.4 Å². The average Bonchev–Trinajstić information content (AvgIpc) is 2.94. The number of nitrogens with zero attached hydrogens (tertiary/aromatic N) is 1. The Morgan fingerprint density at radius 1 is 1.59 bits per heavy atom. The fraction of sp³-hybridized carbons (Fsp3) is 0.500. The minimum absolute atomic E-state index is 0.0165. The third kappa shape index (κ3) is 3.79. The number of nitrogens with one attached hydrogen (secondary N) is 2. The second-order valence-corrected chi connectivity index (χ2v) is 4.89. The largest absolute Gasteiger partial charge is 0.352 e. The summed E-state index contributed by atoms with van der Waals surface area (Å²) in [6.45, 7) is 0.725. The van der Waals surface area contributed by atoms with Gasteiger partial charge < -0.3 is 10.6 Å². The molecule has 0 atom stereocenters. The molecule has 0 aromatic carbocycles. The lowest BCUT2D eigenvalue weighted by Crippen LogP contribution is -2.34. The first-order valence-electron chi connectivity index (χ1n) is 5.37. The van der Waals surface area contributed by atoms with Crippen LogP contribution in [0.15, 0.2) is 11.4 Å². The Balaban J connectivity index is 1.69. The summed E-state index contributed by atoms with van der Waals surface area (Å²) in [4.78, 5) is 21.4. The van der Waals surface area contributed by atoms with Crippen LogP contribution in [0.2, 0.25) is 0 Å². The molecule has 0 saturated heterocycles. The fourth-order valence-electron chi connectivity index (χ4n) is 1.38. The number of rotatable bonds is 6. The molecule has 7 heteroatoms. The summed E-state index contributed by atoms with van der Waals surface area (Å²) in [7, 11) is 0. The summed E-state index contributed by atoms with van der Waals surface area (Å²) < 4.78 is 0. The highest BCUT2D eigenvalue weighted by Gasteiger charge is 2.22. The second-order valence-electron chi connectivity index (χ2n) is 4.00. The van der Waals surface area contributed by atoms with Crippen LogP contribution in [0.5, 0.6) is 0 Å². The summed E-state index contributed by atoms with van der Waals surface area (Å²) in [6, 6.07) is 1.89. The minimum atomic E-state index is -0.409. The first-order chi connectivity index (χ1) is 8.15. The molecular formula is C10H13N3O3S. The van der Waals surface area contributed by atoms with Gasteiger partial charge in [-0.2, -0.15) is 0 Å². The highest BCUT2D eigenvalue weighted by Crippen LogP contribution is 2.22. The molecule has 1 aliphatic carbocycles. The Morgan fingerprint density at radius 3 is 2.94 bits per heavy atom. The van der Waals surface area contributed by atoms with Crippen molar-refractivity contribution in [3.63, 3.8) is 0 Å². The summed E-state index contributed by atoms with van der Waals surface area (Å²) in [6.07, 6.45) is 2.14. The van der Waals surface area contributed by atoms with Gasteiger partial charge in [0, 0.05) is 24.0 Å². The third-order valence-corrected chi connectivity index (χ3v) is 3.31. The van der Waals surface area contributed by atoms with E-state index in [1.807, 2.05) is 0 Å². The van der Waals surface area contributed by atoms with Crippen LogP contribution < -0.4 is 10.6 Å². The first kappa shape index (κ1) is 12.0. The maximum absolute atomic E-state index is 11.3. The van der Waals surface area contributed by atoms with Gasteiger partial charge in [-0.3, -0.25) is 14.9 Å². The van der Waals surface area contributed by atoms with Crippen molar-refractivity contribution in [3.8, 4) is 0 Å². The number of thiophene rings is 1. The van der Waals surface area contributed by atoms with Crippen LogP contribution in [-0.2, 0) is 11.3 Å². The maximum atomic E-state index is 11.3. The Morgan fingerprint density at radius 2 is 2.35 bits per heavy atom. The van der Waals surface area contributed by atoms with Gasteiger partial charge in [0.2, 0.25) is 5.91 Å². The van der Waals surface area contributed by atoms with Gasteiger partial charge in [0.25, 0.3) is 0 Å². The molecule has 2 rings (SSSR count). The zero-order chi connectivity index (χ0) is 12.3. The molecule has 1 aromatic rings. The molecule has 1 saturated carbocycles. The lowest BCUT2D eigenvalue weighted by molar-refractivity contribution is -0.380. The van der Waals surface area contributed by atoms with Crippen LogP contribution >= 0.6 is 11.3 Å². The van der Waals surface area contributed by atoms with E-state index >= 15 is 0 Å². The summed E-state index contributed by atoms with van der Waals surface area (Å²) in [5.74, 6) is -0.0165. The molecule has 2 N–H and O–H groups in total. The number of carbonyl (C=O) groups excluding carboxylic acids is 1. The zero-order valence-electron chi connectivity index (χ0n) is 9.14. The fourth-order valence-corrected chi connectivity index (χ4v) is 2.11. The number of nitro groups is 1. The van der Waals surface area contributed by atoms with Gasteiger partial charge >= 0.3 is 5.00 Å². The van der Waals surface area contributed by atoms with Crippen molar-refractivity contribution in [1.29, 1.82) is 0 Å². The Bertz CT molecular complexity index is 428. The lowest BCUT2D eigenvalue weighted by Gasteiger charge is -2.03. The third-order valence-electron chi connectivity index (χ3n) is 2.38. The van der Waals surface area contributed by atoms with E-state index in [2.05, 4.69) is 10.6 Å². The summed E-state index contributed by atoms with van der Waals surface area (Å²) in [5, 5.41) is 18.1. The van der Waals surface area contributed by atoms with E-state index in [1.165, 1.54) is 6.07 Å². The molecule has 1 aromatic heterocycles. The van der Waals surface area contributed by atoms with Gasteiger partial charge in [-0.15, -0.1) is 0 Å². The van der Waals surface area contributed by atoms with Crippen molar-refractivity contribution in [2.75, 3.05) is 6.54 Å². The Hall–Kier alpha value is -1.47. The minimum Gasteiger partial charge on any atom is -0.352 e. The SMILES string of the molecule is O=C(CNCc1csc([N+](=O)[O-])c1)NC1CC1. The topological polar surface area (TPSA) is 84.3 Å². The molecule has 0 unspecified atom stereocenters. The Kier molecular flexibility index (Phi) is 3.70. The molecule has 0 aliphatic heterocycles. The molecule has 17 heavy (non-hydrogen) atoms. The first-order valence-corrected chi connectivity index (χ1v) is 6.25. The van der Waals surface area contributed by atoms with E-state index in [-0.39, 0.29) is 17.5 Å². The van der Waals surface area contributed by atoms with Crippen LogP contribution in [0.3, 0.4) is 0 Å². The molecule has 1 aliphatic rings. The average molecular weight is 255 g/mol. The van der Waals surface area contributed by atoms with E-state index in [0.717, 1.165) is 29.7 Å². The molecule has 0 spiro atoms. The maximum Gasteiger partial charge on any atom is 0.324 e. The number of amides is 1. The van der Waals surface area contributed by atoms with E-state index in [0.29, 0.717) is 12.6 Å². The second kappa shape index (κ2) is 5.24. The normalized spacial score (nSPS) is 14.6. The quantitative estimate of drug-likeness (QED) is 0.587. The van der Waals surface area contributed by atoms with Gasteiger partial charge in [0.15, 0.2) is 0 Å². The highest BCUT2D eigenvalue weighted by molar-refractivity contribution is 7.13. The van der Waals surface area contributed by atoms with Crippen LogP contribution in [0, 0.1) is 10.1 Å². The summed E-state index contributed by atoms with van der Waals surface area (Å²) in [5.41, 5.74) is 0.834. The van der Waals surface area contributed by atoms with Crippen LogP contribution in [0.25, 0.3) is 0 Å². The van der Waals surface area contributed by atoms with Crippen molar-refractivity contribution in [2.24, 2.45) is 0 Å². The molecule has 1 heterocycles. The molecular weight excluding hydrogens is 242 g/mol. The predicted molar refractivity (Wildman–Crippen MR) is 63.8 cm³/mol. The van der Waals surface area contributed by atoms with Gasteiger partial charge in [0.05, 0.1) is 11.5 Å². The van der Waals surface area contributed by atoms with Gasteiger partial charge in [-0.25, -0.2) is 0 Å². The molecule has 6 nitrogen and oxygen atoms in total. The van der Waals surface area contributed by atoms with E-state index in [9.17, 15) is 14.9 Å². The van der Waals surface area contributed by atoms with E-state index in [4.69, 9.17) is 0 Å². The van der Waals surface area contributed by atoms with Gasteiger partial charge in [0.1, 0.15) is 0 Å². The van der Waals surface area contributed by atoms with Crippen LogP contribution in [0.1, 0.15) is 18.4 Å². The highest BCUT2D eigenvalue weighted by atomic mass is 32.1. The van der Waals surface area contributed by atoms with E-state index < -0.39 is 4.92 Å². The smallest absolute Gasteiger partial charge is 0.324 e. The lowest BCUT2D eigenvalue weighted by atomic mass is 10.3. The van der Waals surface area contributed by atoms with Crippen LogP contribution in [0.4, 0.5) is 5.00 Å².